The zero-order valence-corrected chi connectivity index (χ0v) is 20.9. The van der Waals surface area contributed by atoms with E-state index in [1.54, 1.807) is 7.11 Å². The molecule has 7 heteroatoms. The Morgan fingerprint density at radius 3 is 2.45 bits per heavy atom. The fourth-order valence-corrected chi connectivity index (χ4v) is 3.35. The van der Waals surface area contributed by atoms with E-state index in [0.29, 0.717) is 0 Å². The van der Waals surface area contributed by atoms with Crippen molar-refractivity contribution in [1.82, 2.24) is 20.4 Å². The van der Waals surface area contributed by atoms with E-state index in [4.69, 9.17) is 4.74 Å². The number of hydrogen-bond acceptors (Lipinski definition) is 3. The number of halogens is 1. The van der Waals surface area contributed by atoms with Crippen molar-refractivity contribution < 1.29 is 4.74 Å². The van der Waals surface area contributed by atoms with Crippen LogP contribution in [0.3, 0.4) is 0 Å². The number of hydrogen-bond donors (Lipinski definition) is 2. The fourth-order valence-electron chi connectivity index (χ4n) is 3.35. The second kappa shape index (κ2) is 12.7. The monoisotopic (exact) mass is 513 g/mol. The lowest BCUT2D eigenvalue weighted by Crippen LogP contribution is -2.43. The molecule has 0 bridgehead atoms. The molecule has 1 atom stereocenters. The van der Waals surface area contributed by atoms with E-state index in [2.05, 4.69) is 53.6 Å². The van der Waals surface area contributed by atoms with Crippen LogP contribution < -0.4 is 15.4 Å². The number of methoxy groups -OCH3 is 1. The summed E-state index contributed by atoms with van der Waals surface area (Å²) in [5, 5.41) is 11.4. The first kappa shape index (κ1) is 25.3. The third kappa shape index (κ3) is 7.87. The molecule has 2 rings (SSSR count). The quantitative estimate of drug-likeness (QED) is 0.232. The van der Waals surface area contributed by atoms with Crippen molar-refractivity contribution in [2.75, 3.05) is 20.7 Å². The number of aromatic nitrogens is 2. The molecule has 1 aromatic heterocycles. The summed E-state index contributed by atoms with van der Waals surface area (Å²) in [6.07, 6.45) is 4.25. The van der Waals surface area contributed by atoms with E-state index < -0.39 is 0 Å². The molecule has 1 unspecified atom stereocenters. The lowest BCUT2D eigenvalue weighted by molar-refractivity contribution is 0.414. The summed E-state index contributed by atoms with van der Waals surface area (Å²) in [7, 11) is 5.51. The van der Waals surface area contributed by atoms with E-state index >= 15 is 0 Å². The van der Waals surface area contributed by atoms with Crippen LogP contribution in [0.4, 0.5) is 0 Å². The summed E-state index contributed by atoms with van der Waals surface area (Å²) < 4.78 is 7.15. The topological polar surface area (TPSA) is 63.5 Å². The molecule has 0 aliphatic rings. The molecule has 0 spiro atoms. The molecule has 1 aromatic carbocycles. The summed E-state index contributed by atoms with van der Waals surface area (Å²) in [4.78, 5) is 4.35. The molecule has 1 heterocycles. The van der Waals surface area contributed by atoms with Gasteiger partial charge in [0.15, 0.2) is 5.96 Å². The SMILES string of the molecule is CN=C(NCCCCc1ccc(OC)cc1)NC(C)Cc1c(C)nn(C)c1C.I. The van der Waals surface area contributed by atoms with Gasteiger partial charge in [-0.2, -0.15) is 5.10 Å². The highest BCUT2D eigenvalue weighted by molar-refractivity contribution is 14.0. The minimum absolute atomic E-state index is 0. The molecule has 0 aliphatic heterocycles. The second-order valence-corrected chi connectivity index (χ2v) is 7.33. The van der Waals surface area contributed by atoms with Crippen LogP contribution in [0.25, 0.3) is 0 Å². The smallest absolute Gasteiger partial charge is 0.191 e. The first-order valence-corrected chi connectivity index (χ1v) is 10.0. The van der Waals surface area contributed by atoms with E-state index in [1.165, 1.54) is 16.8 Å². The first-order valence-electron chi connectivity index (χ1n) is 10.0. The number of unbranched alkanes of at least 4 members (excludes halogenated alkanes) is 1. The Hall–Kier alpha value is -1.77. The molecule has 162 valence electrons. The van der Waals surface area contributed by atoms with Gasteiger partial charge < -0.3 is 15.4 Å². The van der Waals surface area contributed by atoms with Crippen LogP contribution in [-0.2, 0) is 19.9 Å². The molecule has 2 N–H and O–H groups in total. The van der Waals surface area contributed by atoms with Crippen molar-refractivity contribution in [3.8, 4) is 5.75 Å². The number of benzene rings is 1. The van der Waals surface area contributed by atoms with Crippen LogP contribution in [0.15, 0.2) is 29.3 Å². The van der Waals surface area contributed by atoms with Crippen LogP contribution in [0.2, 0.25) is 0 Å². The van der Waals surface area contributed by atoms with E-state index in [1.807, 2.05) is 30.9 Å². The van der Waals surface area contributed by atoms with Crippen molar-refractivity contribution in [1.29, 1.82) is 0 Å². The number of aliphatic imine (C=N–C) groups is 1. The van der Waals surface area contributed by atoms with Gasteiger partial charge in [-0.1, -0.05) is 12.1 Å². The van der Waals surface area contributed by atoms with Gasteiger partial charge in [0, 0.05) is 32.4 Å². The number of ether oxygens (including phenoxy) is 1. The third-order valence-electron chi connectivity index (χ3n) is 5.12. The van der Waals surface area contributed by atoms with Crippen LogP contribution in [-0.4, -0.2) is 42.5 Å². The van der Waals surface area contributed by atoms with Crippen LogP contribution in [0.1, 0.15) is 42.3 Å². The van der Waals surface area contributed by atoms with Crippen molar-refractivity contribution in [2.45, 2.75) is 52.5 Å². The average Bonchev–Trinajstić information content (AvgIpc) is 2.93. The number of rotatable bonds is 9. The summed E-state index contributed by atoms with van der Waals surface area (Å²) >= 11 is 0. The van der Waals surface area contributed by atoms with Gasteiger partial charge in [0.2, 0.25) is 0 Å². The van der Waals surface area contributed by atoms with Crippen LogP contribution >= 0.6 is 24.0 Å². The molecule has 29 heavy (non-hydrogen) atoms. The Balaban J connectivity index is 0.00000420. The highest BCUT2D eigenvalue weighted by atomic mass is 127. The minimum Gasteiger partial charge on any atom is -0.497 e. The summed E-state index contributed by atoms with van der Waals surface area (Å²) in [6, 6.07) is 8.60. The van der Waals surface area contributed by atoms with Crippen molar-refractivity contribution in [3.63, 3.8) is 0 Å². The number of nitrogens with one attached hydrogen (secondary N) is 2. The van der Waals surface area contributed by atoms with Crippen molar-refractivity contribution in [3.05, 3.63) is 46.8 Å². The number of aryl methyl sites for hydroxylation is 3. The molecule has 2 aromatic rings. The van der Waals surface area contributed by atoms with Gasteiger partial charge in [-0.3, -0.25) is 9.67 Å². The predicted octanol–water partition coefficient (Wildman–Crippen LogP) is 3.78. The molecule has 0 fully saturated rings. The molecule has 0 radical (unpaired) electrons. The Bertz CT molecular complexity index is 770. The largest absolute Gasteiger partial charge is 0.497 e. The Morgan fingerprint density at radius 2 is 1.90 bits per heavy atom. The zero-order valence-electron chi connectivity index (χ0n) is 18.6. The lowest BCUT2D eigenvalue weighted by atomic mass is 10.1. The average molecular weight is 513 g/mol. The highest BCUT2D eigenvalue weighted by Gasteiger charge is 2.13. The van der Waals surface area contributed by atoms with E-state index in [0.717, 1.165) is 49.6 Å². The summed E-state index contributed by atoms with van der Waals surface area (Å²) in [5.41, 5.74) is 5.00. The van der Waals surface area contributed by atoms with Gasteiger partial charge in [0.05, 0.1) is 12.8 Å². The van der Waals surface area contributed by atoms with Gasteiger partial charge in [0.1, 0.15) is 5.75 Å². The molecule has 0 saturated heterocycles. The molecule has 0 amide bonds. The highest BCUT2D eigenvalue weighted by Crippen LogP contribution is 2.14. The predicted molar refractivity (Wildman–Crippen MR) is 132 cm³/mol. The Kier molecular flexibility index (Phi) is 11.1. The van der Waals surface area contributed by atoms with Crippen LogP contribution in [0.5, 0.6) is 5.75 Å². The second-order valence-electron chi connectivity index (χ2n) is 7.33. The standard InChI is InChI=1S/C22H35N5O.HI/c1-16(15-21-17(2)26-27(5)18(21)3)25-22(23-4)24-14-8-7-9-19-10-12-20(28-6)13-11-19;/h10-13,16H,7-9,14-15H2,1-6H3,(H2,23,24,25);1H. The molecule has 0 saturated carbocycles. The first-order chi connectivity index (χ1) is 13.4. The zero-order chi connectivity index (χ0) is 20.5. The van der Waals surface area contributed by atoms with Gasteiger partial charge in [-0.15, -0.1) is 24.0 Å². The fraction of sp³-hybridized carbons (Fsp3) is 0.545. The van der Waals surface area contributed by atoms with Gasteiger partial charge in [-0.05, 0) is 69.7 Å². The van der Waals surface area contributed by atoms with Crippen molar-refractivity contribution >= 4 is 29.9 Å². The van der Waals surface area contributed by atoms with E-state index in [-0.39, 0.29) is 30.0 Å². The molecular formula is C22H36IN5O. The number of guanidine groups is 1. The maximum absolute atomic E-state index is 5.20. The van der Waals surface area contributed by atoms with Gasteiger partial charge >= 0.3 is 0 Å². The molecule has 6 nitrogen and oxygen atoms in total. The molecule has 0 aliphatic carbocycles. The van der Waals surface area contributed by atoms with Gasteiger partial charge in [0.25, 0.3) is 0 Å². The summed E-state index contributed by atoms with van der Waals surface area (Å²) in [6.45, 7) is 7.29. The maximum Gasteiger partial charge on any atom is 0.191 e. The normalized spacial score (nSPS) is 12.3. The van der Waals surface area contributed by atoms with Gasteiger partial charge in [-0.25, -0.2) is 0 Å². The Morgan fingerprint density at radius 1 is 1.21 bits per heavy atom. The summed E-state index contributed by atoms with van der Waals surface area (Å²) in [5.74, 6) is 1.77. The number of nitrogens with zero attached hydrogens (tertiary/aromatic N) is 3. The Labute approximate surface area is 192 Å². The lowest BCUT2D eigenvalue weighted by Gasteiger charge is -2.18. The minimum atomic E-state index is 0. The maximum atomic E-state index is 5.20. The third-order valence-corrected chi connectivity index (χ3v) is 5.12. The van der Waals surface area contributed by atoms with Crippen molar-refractivity contribution in [2.24, 2.45) is 12.0 Å². The van der Waals surface area contributed by atoms with Crippen LogP contribution in [0, 0.1) is 13.8 Å². The van der Waals surface area contributed by atoms with E-state index in [9.17, 15) is 0 Å². The molecular weight excluding hydrogens is 477 g/mol.